The van der Waals surface area contributed by atoms with Gasteiger partial charge in [-0.2, -0.15) is 0 Å². The van der Waals surface area contributed by atoms with E-state index in [0.717, 1.165) is 31.4 Å². The van der Waals surface area contributed by atoms with Crippen molar-refractivity contribution in [1.29, 1.82) is 0 Å². The van der Waals surface area contributed by atoms with Gasteiger partial charge in [0.05, 0.1) is 6.04 Å². The lowest BCUT2D eigenvalue weighted by molar-refractivity contribution is 0.0938. The number of Topliss-reactive ketones (excluding diaryl/α,β-unsaturated/α-hetero) is 1. The topological polar surface area (TPSA) is 29.1 Å². The van der Waals surface area contributed by atoms with Gasteiger partial charge in [-0.1, -0.05) is 32.4 Å². The number of likely N-dealkylation sites (N-methyl/N-ethyl adjacent to an activating group) is 1. The van der Waals surface area contributed by atoms with E-state index in [0.29, 0.717) is 0 Å². The van der Waals surface area contributed by atoms with E-state index in [4.69, 9.17) is 0 Å². The summed E-state index contributed by atoms with van der Waals surface area (Å²) in [6, 6.07) is 6.25. The second-order valence-corrected chi connectivity index (χ2v) is 5.10. The zero-order valence-electron chi connectivity index (χ0n) is 11.5. The van der Waals surface area contributed by atoms with Crippen LogP contribution >= 0.6 is 0 Å². The molecule has 18 heavy (non-hydrogen) atoms. The third kappa shape index (κ3) is 2.81. The zero-order chi connectivity index (χ0) is 13.0. The minimum absolute atomic E-state index is 0.0144. The van der Waals surface area contributed by atoms with E-state index in [2.05, 4.69) is 31.3 Å². The van der Waals surface area contributed by atoms with Crippen molar-refractivity contribution in [3.8, 4) is 0 Å². The van der Waals surface area contributed by atoms with Gasteiger partial charge in [-0.3, -0.25) is 4.79 Å². The van der Waals surface area contributed by atoms with E-state index in [9.17, 15) is 4.79 Å². The van der Waals surface area contributed by atoms with Gasteiger partial charge in [0, 0.05) is 5.56 Å². The summed E-state index contributed by atoms with van der Waals surface area (Å²) in [4.78, 5) is 12.5. The summed E-state index contributed by atoms with van der Waals surface area (Å²) in [5, 5.41) is 3.30. The molecule has 98 valence electrons. The molecule has 0 amide bonds. The molecule has 0 saturated heterocycles. The molecule has 0 aliphatic heterocycles. The van der Waals surface area contributed by atoms with Crippen LogP contribution in [0.4, 0.5) is 0 Å². The molecule has 0 radical (unpaired) electrons. The Morgan fingerprint density at radius 1 is 1.28 bits per heavy atom. The van der Waals surface area contributed by atoms with Gasteiger partial charge < -0.3 is 5.32 Å². The molecule has 0 fully saturated rings. The van der Waals surface area contributed by atoms with Crippen molar-refractivity contribution >= 4 is 5.78 Å². The number of benzene rings is 1. The Bertz CT molecular complexity index is 419. The van der Waals surface area contributed by atoms with Crippen molar-refractivity contribution in [3.63, 3.8) is 0 Å². The van der Waals surface area contributed by atoms with Crippen molar-refractivity contribution < 1.29 is 4.79 Å². The molecule has 0 unspecified atom stereocenters. The summed E-state index contributed by atoms with van der Waals surface area (Å²) in [6.45, 7) is 5.03. The number of ketones is 1. The van der Waals surface area contributed by atoms with E-state index >= 15 is 0 Å². The molecule has 1 atom stereocenters. The predicted octanol–water partition coefficient (Wildman–Crippen LogP) is 3.14. The summed E-state index contributed by atoms with van der Waals surface area (Å²) in [5.41, 5.74) is 3.70. The average Bonchev–Trinajstić information content (AvgIpc) is 2.84. The number of hydrogen-bond acceptors (Lipinski definition) is 2. The van der Waals surface area contributed by atoms with Gasteiger partial charge in [0.15, 0.2) is 5.78 Å². The summed E-state index contributed by atoms with van der Waals surface area (Å²) in [7, 11) is 0. The smallest absolute Gasteiger partial charge is 0.179 e. The lowest BCUT2D eigenvalue weighted by Gasteiger charge is -2.16. The average molecular weight is 245 g/mol. The lowest BCUT2D eigenvalue weighted by Crippen LogP contribution is -2.36. The highest BCUT2D eigenvalue weighted by atomic mass is 16.1. The Balaban J connectivity index is 2.16. The maximum Gasteiger partial charge on any atom is 0.179 e. The van der Waals surface area contributed by atoms with Crippen LogP contribution < -0.4 is 5.32 Å². The second-order valence-electron chi connectivity index (χ2n) is 5.10. The first-order valence-corrected chi connectivity index (χ1v) is 7.15. The van der Waals surface area contributed by atoms with Gasteiger partial charge in [-0.15, -0.1) is 0 Å². The van der Waals surface area contributed by atoms with Gasteiger partial charge in [0.1, 0.15) is 0 Å². The molecular weight excluding hydrogens is 222 g/mol. The Hall–Kier alpha value is -1.15. The number of rotatable bonds is 6. The molecule has 2 heteroatoms. The Kier molecular flexibility index (Phi) is 4.54. The Morgan fingerprint density at radius 2 is 2.06 bits per heavy atom. The zero-order valence-corrected chi connectivity index (χ0v) is 11.5. The van der Waals surface area contributed by atoms with Crippen LogP contribution in [0.25, 0.3) is 0 Å². The minimum Gasteiger partial charge on any atom is -0.307 e. The number of carbonyl (C=O) groups is 1. The maximum absolute atomic E-state index is 12.5. The monoisotopic (exact) mass is 245 g/mol. The fourth-order valence-electron chi connectivity index (χ4n) is 2.79. The molecule has 0 aromatic heterocycles. The van der Waals surface area contributed by atoms with E-state index in [1.807, 2.05) is 6.07 Å². The summed E-state index contributed by atoms with van der Waals surface area (Å²) in [6.07, 6.45) is 5.50. The van der Waals surface area contributed by atoms with Crippen LogP contribution in [-0.2, 0) is 12.8 Å². The highest BCUT2D eigenvalue weighted by Crippen LogP contribution is 2.23. The van der Waals surface area contributed by atoms with Crippen LogP contribution in [0.5, 0.6) is 0 Å². The van der Waals surface area contributed by atoms with E-state index in [-0.39, 0.29) is 11.8 Å². The van der Waals surface area contributed by atoms with Gasteiger partial charge in [-0.05, 0) is 49.4 Å². The fraction of sp³-hybridized carbons (Fsp3) is 0.562. The van der Waals surface area contributed by atoms with Crippen molar-refractivity contribution in [2.75, 3.05) is 6.54 Å². The standard InChI is InChI=1S/C16H23NO/c1-3-6-15(17-4-2)16(18)14-10-9-12-7-5-8-13(12)11-14/h9-11,15,17H,3-8H2,1-2H3/t15-/m1/s1. The molecule has 1 aromatic carbocycles. The molecule has 1 aliphatic carbocycles. The molecule has 0 spiro atoms. The summed E-state index contributed by atoms with van der Waals surface area (Å²) in [5.74, 6) is 0.258. The summed E-state index contributed by atoms with van der Waals surface area (Å²) >= 11 is 0. The third-order valence-corrected chi connectivity index (χ3v) is 3.73. The molecule has 2 rings (SSSR count). The predicted molar refractivity (Wildman–Crippen MR) is 75.2 cm³/mol. The first-order chi connectivity index (χ1) is 8.76. The van der Waals surface area contributed by atoms with E-state index < -0.39 is 0 Å². The third-order valence-electron chi connectivity index (χ3n) is 3.73. The highest BCUT2D eigenvalue weighted by molar-refractivity contribution is 6.00. The molecule has 1 N–H and O–H groups in total. The van der Waals surface area contributed by atoms with Crippen molar-refractivity contribution in [1.82, 2.24) is 5.32 Å². The molecular formula is C16H23NO. The largest absolute Gasteiger partial charge is 0.307 e. The van der Waals surface area contributed by atoms with Crippen LogP contribution in [0.15, 0.2) is 18.2 Å². The van der Waals surface area contributed by atoms with Gasteiger partial charge in [0.2, 0.25) is 0 Å². The van der Waals surface area contributed by atoms with Gasteiger partial charge in [-0.25, -0.2) is 0 Å². The fourth-order valence-corrected chi connectivity index (χ4v) is 2.79. The van der Waals surface area contributed by atoms with Gasteiger partial charge in [0.25, 0.3) is 0 Å². The van der Waals surface area contributed by atoms with Crippen LogP contribution in [0.3, 0.4) is 0 Å². The molecule has 2 nitrogen and oxygen atoms in total. The Morgan fingerprint density at radius 3 is 2.78 bits per heavy atom. The normalized spacial score (nSPS) is 15.4. The second kappa shape index (κ2) is 6.14. The number of nitrogens with one attached hydrogen (secondary N) is 1. The molecule has 0 heterocycles. The first-order valence-electron chi connectivity index (χ1n) is 7.15. The maximum atomic E-state index is 12.5. The van der Waals surface area contributed by atoms with E-state index in [1.54, 1.807) is 0 Å². The summed E-state index contributed by atoms with van der Waals surface area (Å²) < 4.78 is 0. The minimum atomic E-state index is -0.0144. The Labute approximate surface area is 110 Å². The van der Waals surface area contributed by atoms with E-state index in [1.165, 1.54) is 24.0 Å². The van der Waals surface area contributed by atoms with Gasteiger partial charge >= 0.3 is 0 Å². The quantitative estimate of drug-likeness (QED) is 0.780. The number of aryl methyl sites for hydroxylation is 2. The molecule has 0 saturated carbocycles. The van der Waals surface area contributed by atoms with Crippen LogP contribution in [0, 0.1) is 0 Å². The van der Waals surface area contributed by atoms with Crippen LogP contribution in [0.2, 0.25) is 0 Å². The highest BCUT2D eigenvalue weighted by Gasteiger charge is 2.20. The number of hydrogen-bond donors (Lipinski definition) is 1. The van der Waals surface area contributed by atoms with Crippen molar-refractivity contribution in [2.24, 2.45) is 0 Å². The van der Waals surface area contributed by atoms with Crippen molar-refractivity contribution in [2.45, 2.75) is 52.0 Å². The number of carbonyl (C=O) groups excluding carboxylic acids is 1. The molecule has 1 aliphatic rings. The van der Waals surface area contributed by atoms with Crippen molar-refractivity contribution in [3.05, 3.63) is 34.9 Å². The lowest BCUT2D eigenvalue weighted by atomic mass is 9.97. The molecule has 0 bridgehead atoms. The van der Waals surface area contributed by atoms with Crippen LogP contribution in [0.1, 0.15) is 54.6 Å². The number of fused-ring (bicyclic) bond motifs is 1. The SMILES string of the molecule is CCC[C@@H](NCC)C(=O)c1ccc2c(c1)CCC2. The first kappa shape index (κ1) is 13.3. The molecule has 1 aromatic rings. The van der Waals surface area contributed by atoms with Crippen LogP contribution in [-0.4, -0.2) is 18.4 Å².